The highest BCUT2D eigenvalue weighted by Gasteiger charge is 2.23. The van der Waals surface area contributed by atoms with E-state index < -0.39 is 15.9 Å². The molecule has 0 radical (unpaired) electrons. The molecule has 0 aromatic heterocycles. The maximum absolute atomic E-state index is 12.3. The quantitative estimate of drug-likeness (QED) is 0.793. The minimum Gasteiger partial charge on any atom is -0.454 e. The van der Waals surface area contributed by atoms with E-state index in [0.29, 0.717) is 22.9 Å². The third kappa shape index (κ3) is 4.23. The van der Waals surface area contributed by atoms with E-state index >= 15 is 0 Å². The van der Waals surface area contributed by atoms with Crippen LogP contribution in [0.3, 0.4) is 0 Å². The third-order valence-corrected chi connectivity index (χ3v) is 5.07. The highest BCUT2D eigenvalue weighted by molar-refractivity contribution is 9.10. The number of halogens is 1. The summed E-state index contributed by atoms with van der Waals surface area (Å²) in [7, 11) is -3.66. The average Bonchev–Trinajstić information content (AvgIpc) is 2.99. The molecular formula is C16H15BrN2O5S. The fourth-order valence-corrected chi connectivity index (χ4v) is 3.59. The number of nitrogens with one attached hydrogen (secondary N) is 1. The summed E-state index contributed by atoms with van der Waals surface area (Å²) >= 11 is 3.32. The molecule has 1 N–H and O–H groups in total. The van der Waals surface area contributed by atoms with Gasteiger partial charge in [0, 0.05) is 16.2 Å². The minimum atomic E-state index is -3.66. The second-order valence-electron chi connectivity index (χ2n) is 5.37. The standard InChI is InChI=1S/C16H15BrN2O5S/c1-25(21,22)19(13-5-6-14-15(8-13)24-10-23-14)9-16(20)18-12-4-2-3-11(17)7-12/h2-8H,9-10H2,1H3,(H,18,20). The van der Waals surface area contributed by atoms with Gasteiger partial charge >= 0.3 is 0 Å². The van der Waals surface area contributed by atoms with Crippen molar-refractivity contribution in [3.05, 3.63) is 46.9 Å². The van der Waals surface area contributed by atoms with Crippen molar-refractivity contribution in [2.45, 2.75) is 0 Å². The van der Waals surface area contributed by atoms with E-state index in [0.717, 1.165) is 15.0 Å². The van der Waals surface area contributed by atoms with E-state index in [4.69, 9.17) is 9.47 Å². The Bertz CT molecular complexity index is 916. The summed E-state index contributed by atoms with van der Waals surface area (Å²) in [4.78, 5) is 12.3. The second-order valence-corrected chi connectivity index (χ2v) is 8.19. The lowest BCUT2D eigenvalue weighted by atomic mass is 10.2. The monoisotopic (exact) mass is 426 g/mol. The van der Waals surface area contributed by atoms with E-state index in [1.165, 1.54) is 6.07 Å². The van der Waals surface area contributed by atoms with Crippen molar-refractivity contribution in [1.82, 2.24) is 0 Å². The number of ether oxygens (including phenoxy) is 2. The molecule has 9 heteroatoms. The Morgan fingerprint density at radius 1 is 1.20 bits per heavy atom. The van der Waals surface area contributed by atoms with E-state index in [1.54, 1.807) is 30.3 Å². The van der Waals surface area contributed by atoms with Crippen LogP contribution in [0.4, 0.5) is 11.4 Å². The molecule has 0 bridgehead atoms. The number of fused-ring (bicyclic) bond motifs is 1. The summed E-state index contributed by atoms with van der Waals surface area (Å²) in [6.07, 6.45) is 1.05. The van der Waals surface area contributed by atoms with E-state index in [-0.39, 0.29) is 13.3 Å². The molecule has 25 heavy (non-hydrogen) atoms. The normalized spacial score (nSPS) is 12.7. The number of nitrogens with zero attached hydrogens (tertiary/aromatic N) is 1. The Morgan fingerprint density at radius 2 is 1.96 bits per heavy atom. The van der Waals surface area contributed by atoms with Crippen molar-refractivity contribution in [2.24, 2.45) is 0 Å². The van der Waals surface area contributed by atoms with Gasteiger partial charge in [0.15, 0.2) is 11.5 Å². The van der Waals surface area contributed by atoms with Gasteiger partial charge in [0.25, 0.3) is 0 Å². The fourth-order valence-electron chi connectivity index (χ4n) is 2.34. The van der Waals surface area contributed by atoms with Crippen LogP contribution in [-0.4, -0.2) is 33.9 Å². The van der Waals surface area contributed by atoms with Crippen LogP contribution in [0.2, 0.25) is 0 Å². The number of carbonyl (C=O) groups is 1. The van der Waals surface area contributed by atoms with Crippen LogP contribution in [0.15, 0.2) is 46.9 Å². The molecule has 0 saturated heterocycles. The van der Waals surface area contributed by atoms with Crippen LogP contribution >= 0.6 is 15.9 Å². The van der Waals surface area contributed by atoms with Gasteiger partial charge in [0.2, 0.25) is 22.7 Å². The summed E-state index contributed by atoms with van der Waals surface area (Å²) in [6, 6.07) is 11.8. The Hall–Kier alpha value is -2.26. The molecule has 0 unspecified atom stereocenters. The summed E-state index contributed by atoms with van der Waals surface area (Å²) in [5, 5.41) is 2.68. The average molecular weight is 427 g/mol. The smallest absolute Gasteiger partial charge is 0.245 e. The maximum atomic E-state index is 12.3. The Labute approximate surface area is 153 Å². The van der Waals surface area contributed by atoms with E-state index in [2.05, 4.69) is 21.2 Å². The number of anilines is 2. The molecule has 0 fully saturated rings. The molecular weight excluding hydrogens is 412 g/mol. The Kier molecular flexibility index (Phi) is 4.87. The summed E-state index contributed by atoms with van der Waals surface area (Å²) in [6.45, 7) is -0.272. The van der Waals surface area contributed by atoms with Crippen molar-refractivity contribution in [3.63, 3.8) is 0 Å². The van der Waals surface area contributed by atoms with Crippen molar-refractivity contribution < 1.29 is 22.7 Å². The molecule has 2 aromatic rings. The molecule has 3 rings (SSSR count). The van der Waals surface area contributed by atoms with Crippen LogP contribution in [0, 0.1) is 0 Å². The summed E-state index contributed by atoms with van der Waals surface area (Å²) < 4.78 is 36.6. The third-order valence-electron chi connectivity index (χ3n) is 3.44. The topological polar surface area (TPSA) is 84.9 Å². The molecule has 7 nitrogen and oxygen atoms in total. The van der Waals surface area contributed by atoms with Crippen LogP contribution in [0.25, 0.3) is 0 Å². The first-order valence-corrected chi connectivity index (χ1v) is 9.90. The predicted octanol–water partition coefficient (Wildman–Crippen LogP) is 2.58. The first kappa shape index (κ1) is 17.6. The number of sulfonamides is 1. The number of hydrogen-bond donors (Lipinski definition) is 1. The first-order chi connectivity index (χ1) is 11.8. The van der Waals surface area contributed by atoms with E-state index in [1.807, 2.05) is 6.07 Å². The molecule has 1 aliphatic rings. The predicted molar refractivity (Wildman–Crippen MR) is 97.5 cm³/mol. The number of rotatable bonds is 5. The zero-order chi connectivity index (χ0) is 18.0. The lowest BCUT2D eigenvalue weighted by Crippen LogP contribution is -2.37. The zero-order valence-corrected chi connectivity index (χ0v) is 15.6. The minimum absolute atomic E-state index is 0.0844. The lowest BCUT2D eigenvalue weighted by Gasteiger charge is -2.22. The van der Waals surface area contributed by atoms with Gasteiger partial charge in [0.05, 0.1) is 11.9 Å². The fraction of sp³-hybridized carbons (Fsp3) is 0.188. The molecule has 132 valence electrons. The molecule has 0 saturated carbocycles. The number of carbonyl (C=O) groups excluding carboxylic acids is 1. The van der Waals surface area contributed by atoms with E-state index in [9.17, 15) is 13.2 Å². The highest BCUT2D eigenvalue weighted by atomic mass is 79.9. The van der Waals surface area contributed by atoms with Crippen molar-refractivity contribution in [2.75, 3.05) is 29.2 Å². The van der Waals surface area contributed by atoms with Gasteiger partial charge in [0.1, 0.15) is 6.54 Å². The molecule has 0 aliphatic carbocycles. The molecule has 2 aromatic carbocycles. The summed E-state index contributed by atoms with van der Waals surface area (Å²) in [5.41, 5.74) is 0.898. The number of hydrogen-bond acceptors (Lipinski definition) is 5. The second kappa shape index (κ2) is 6.93. The van der Waals surface area contributed by atoms with Gasteiger partial charge in [-0.3, -0.25) is 9.10 Å². The van der Waals surface area contributed by atoms with Crippen LogP contribution in [0.5, 0.6) is 11.5 Å². The van der Waals surface area contributed by atoms with Gasteiger partial charge < -0.3 is 14.8 Å². The maximum Gasteiger partial charge on any atom is 0.245 e. The van der Waals surface area contributed by atoms with Crippen LogP contribution in [-0.2, 0) is 14.8 Å². The molecule has 1 heterocycles. The van der Waals surface area contributed by atoms with Crippen molar-refractivity contribution in [1.29, 1.82) is 0 Å². The Morgan fingerprint density at radius 3 is 2.68 bits per heavy atom. The zero-order valence-electron chi connectivity index (χ0n) is 13.2. The molecule has 0 spiro atoms. The molecule has 0 atom stereocenters. The van der Waals surface area contributed by atoms with Gasteiger partial charge in [-0.05, 0) is 30.3 Å². The first-order valence-electron chi connectivity index (χ1n) is 7.26. The van der Waals surface area contributed by atoms with Crippen LogP contribution < -0.4 is 19.1 Å². The SMILES string of the molecule is CS(=O)(=O)N(CC(=O)Nc1cccc(Br)c1)c1ccc2c(c1)OCO2. The van der Waals surface area contributed by atoms with Crippen molar-refractivity contribution >= 4 is 43.2 Å². The van der Waals surface area contributed by atoms with Gasteiger partial charge in [-0.15, -0.1) is 0 Å². The van der Waals surface area contributed by atoms with Gasteiger partial charge in [-0.2, -0.15) is 0 Å². The van der Waals surface area contributed by atoms with Crippen LogP contribution in [0.1, 0.15) is 0 Å². The number of benzene rings is 2. The molecule has 1 amide bonds. The van der Waals surface area contributed by atoms with Crippen molar-refractivity contribution in [3.8, 4) is 11.5 Å². The highest BCUT2D eigenvalue weighted by Crippen LogP contribution is 2.36. The molecule has 1 aliphatic heterocycles. The van der Waals surface area contributed by atoms with Gasteiger partial charge in [-0.25, -0.2) is 8.42 Å². The largest absolute Gasteiger partial charge is 0.454 e. The number of amides is 1. The lowest BCUT2D eigenvalue weighted by molar-refractivity contribution is -0.114. The Balaban J connectivity index is 1.81. The summed E-state index contributed by atoms with van der Waals surface area (Å²) in [5.74, 6) is 0.524. The van der Waals surface area contributed by atoms with Gasteiger partial charge in [-0.1, -0.05) is 22.0 Å².